The monoisotopic (exact) mass is 438 g/mol. The standard InChI is InChI=1S/C22H26N6O4/c1-26-18-19(25-21(26)24-13-4-5-15(29)10-13)27(2)22(31)28(20(18)30)11-14-8-12-9-16(32-3)6-7-17(12)23-14/h6-9,13,15,23,29H,4-5,10-11H2,1-3H3,(H,24,25)/t13-,15+/m0/s1. The lowest BCUT2D eigenvalue weighted by Crippen LogP contribution is -2.39. The Morgan fingerprint density at radius 2 is 2.03 bits per heavy atom. The lowest BCUT2D eigenvalue weighted by Gasteiger charge is -2.12. The number of anilines is 1. The fraction of sp³-hybridized carbons (Fsp3) is 0.409. The van der Waals surface area contributed by atoms with Gasteiger partial charge in [0.05, 0.1) is 19.8 Å². The highest BCUT2D eigenvalue weighted by molar-refractivity contribution is 5.82. The number of rotatable bonds is 5. The van der Waals surface area contributed by atoms with Crippen LogP contribution < -0.4 is 21.3 Å². The molecule has 3 heterocycles. The number of aliphatic hydroxyl groups excluding tert-OH is 1. The minimum atomic E-state index is -0.431. The van der Waals surface area contributed by atoms with Crippen LogP contribution in [0.25, 0.3) is 22.1 Å². The van der Waals surface area contributed by atoms with E-state index in [2.05, 4.69) is 15.3 Å². The first-order valence-corrected chi connectivity index (χ1v) is 10.6. The number of nitrogens with one attached hydrogen (secondary N) is 2. The Kier molecular flexibility index (Phi) is 4.81. The van der Waals surface area contributed by atoms with Crippen LogP contribution in [0.4, 0.5) is 5.95 Å². The van der Waals surface area contributed by atoms with Crippen LogP contribution >= 0.6 is 0 Å². The summed E-state index contributed by atoms with van der Waals surface area (Å²) in [4.78, 5) is 34.1. The smallest absolute Gasteiger partial charge is 0.332 e. The van der Waals surface area contributed by atoms with Crippen molar-refractivity contribution in [1.82, 2.24) is 23.7 Å². The third-order valence-corrected chi connectivity index (χ3v) is 6.31. The lowest BCUT2D eigenvalue weighted by atomic mass is 10.2. The molecule has 2 atom stereocenters. The molecule has 0 bridgehead atoms. The molecule has 0 saturated heterocycles. The van der Waals surface area contributed by atoms with E-state index in [9.17, 15) is 14.7 Å². The number of imidazole rings is 1. The Labute approximate surface area is 183 Å². The van der Waals surface area contributed by atoms with E-state index in [4.69, 9.17) is 4.74 Å². The third-order valence-electron chi connectivity index (χ3n) is 6.31. The molecule has 1 aliphatic carbocycles. The van der Waals surface area contributed by atoms with Crippen molar-refractivity contribution < 1.29 is 9.84 Å². The van der Waals surface area contributed by atoms with E-state index in [0.717, 1.165) is 35.2 Å². The normalized spacial score (nSPS) is 18.6. The van der Waals surface area contributed by atoms with Crippen molar-refractivity contribution in [2.45, 2.75) is 38.0 Å². The Morgan fingerprint density at radius 3 is 2.75 bits per heavy atom. The number of methoxy groups -OCH3 is 1. The van der Waals surface area contributed by atoms with Crippen LogP contribution in [-0.4, -0.2) is 48.0 Å². The highest BCUT2D eigenvalue weighted by Gasteiger charge is 2.25. The zero-order valence-electron chi connectivity index (χ0n) is 18.3. The molecule has 5 rings (SSSR count). The van der Waals surface area contributed by atoms with E-state index in [1.807, 2.05) is 24.3 Å². The van der Waals surface area contributed by atoms with Gasteiger partial charge in [0, 0.05) is 36.7 Å². The van der Waals surface area contributed by atoms with Gasteiger partial charge in [0.25, 0.3) is 5.56 Å². The zero-order chi connectivity index (χ0) is 22.6. The lowest BCUT2D eigenvalue weighted by molar-refractivity contribution is 0.182. The summed E-state index contributed by atoms with van der Waals surface area (Å²) in [5, 5.41) is 14.0. The molecular formula is C22H26N6O4. The van der Waals surface area contributed by atoms with Gasteiger partial charge >= 0.3 is 5.69 Å². The van der Waals surface area contributed by atoms with Crippen LogP contribution in [0.5, 0.6) is 5.75 Å². The Balaban J connectivity index is 1.56. The first-order valence-electron chi connectivity index (χ1n) is 10.6. The highest BCUT2D eigenvalue weighted by Crippen LogP contribution is 2.24. The van der Waals surface area contributed by atoms with Gasteiger partial charge in [0.2, 0.25) is 5.95 Å². The van der Waals surface area contributed by atoms with Gasteiger partial charge in [0.15, 0.2) is 11.2 Å². The van der Waals surface area contributed by atoms with Gasteiger partial charge in [-0.05, 0) is 43.5 Å². The molecule has 0 aliphatic heterocycles. The summed E-state index contributed by atoms with van der Waals surface area (Å²) in [6, 6.07) is 7.66. The number of aliphatic hydroxyl groups is 1. The number of aromatic amines is 1. The van der Waals surface area contributed by atoms with Crippen molar-refractivity contribution in [2.75, 3.05) is 12.4 Å². The van der Waals surface area contributed by atoms with Crippen LogP contribution in [-0.2, 0) is 20.6 Å². The average molecular weight is 438 g/mol. The fourth-order valence-electron chi connectivity index (χ4n) is 4.54. The molecule has 0 radical (unpaired) electrons. The van der Waals surface area contributed by atoms with Crippen LogP contribution in [0.2, 0.25) is 0 Å². The molecule has 0 amide bonds. The van der Waals surface area contributed by atoms with Crippen molar-refractivity contribution in [3.63, 3.8) is 0 Å². The van der Waals surface area contributed by atoms with Gasteiger partial charge < -0.3 is 24.7 Å². The van der Waals surface area contributed by atoms with Gasteiger partial charge in [0.1, 0.15) is 5.75 Å². The molecule has 1 aliphatic rings. The summed E-state index contributed by atoms with van der Waals surface area (Å²) in [7, 11) is 4.99. The van der Waals surface area contributed by atoms with Crippen molar-refractivity contribution >= 4 is 28.0 Å². The molecule has 10 heteroatoms. The molecule has 168 valence electrons. The largest absolute Gasteiger partial charge is 0.497 e. The van der Waals surface area contributed by atoms with E-state index >= 15 is 0 Å². The van der Waals surface area contributed by atoms with E-state index in [1.54, 1.807) is 25.8 Å². The second-order valence-corrected chi connectivity index (χ2v) is 8.46. The molecule has 3 aromatic heterocycles. The van der Waals surface area contributed by atoms with Crippen LogP contribution in [0.1, 0.15) is 25.0 Å². The first kappa shape index (κ1) is 20.4. The van der Waals surface area contributed by atoms with Gasteiger partial charge in [-0.3, -0.25) is 13.9 Å². The second-order valence-electron chi connectivity index (χ2n) is 8.46. The summed E-state index contributed by atoms with van der Waals surface area (Å²) in [6.45, 7) is 0.112. The number of nitrogens with zero attached hydrogens (tertiary/aromatic N) is 4. The molecule has 1 fully saturated rings. The maximum absolute atomic E-state index is 13.3. The van der Waals surface area contributed by atoms with Crippen LogP contribution in [0.15, 0.2) is 33.9 Å². The predicted molar refractivity (Wildman–Crippen MR) is 121 cm³/mol. The number of ether oxygens (including phenoxy) is 1. The summed E-state index contributed by atoms with van der Waals surface area (Å²) < 4.78 is 9.57. The van der Waals surface area contributed by atoms with Crippen LogP contribution in [0, 0.1) is 0 Å². The molecule has 32 heavy (non-hydrogen) atoms. The molecule has 4 aromatic rings. The minimum Gasteiger partial charge on any atom is -0.497 e. The van der Waals surface area contributed by atoms with E-state index in [-0.39, 0.29) is 18.7 Å². The number of hydrogen-bond donors (Lipinski definition) is 3. The maximum Gasteiger partial charge on any atom is 0.332 e. The molecule has 0 spiro atoms. The van der Waals surface area contributed by atoms with Gasteiger partial charge in [-0.2, -0.15) is 4.98 Å². The third kappa shape index (κ3) is 3.27. The van der Waals surface area contributed by atoms with E-state index in [0.29, 0.717) is 23.5 Å². The number of H-pyrrole nitrogens is 1. The van der Waals surface area contributed by atoms with Crippen LogP contribution in [0.3, 0.4) is 0 Å². The van der Waals surface area contributed by atoms with Gasteiger partial charge in [-0.15, -0.1) is 0 Å². The van der Waals surface area contributed by atoms with Gasteiger partial charge in [-0.25, -0.2) is 4.79 Å². The Morgan fingerprint density at radius 1 is 1.22 bits per heavy atom. The average Bonchev–Trinajstić information content (AvgIpc) is 3.46. The Hall–Kier alpha value is -3.53. The molecule has 10 nitrogen and oxygen atoms in total. The topological polar surface area (TPSA) is 119 Å². The minimum absolute atomic E-state index is 0.0862. The van der Waals surface area contributed by atoms with Gasteiger partial charge in [-0.1, -0.05) is 0 Å². The quantitative estimate of drug-likeness (QED) is 0.432. The molecular weight excluding hydrogens is 412 g/mol. The first-order chi connectivity index (χ1) is 15.4. The maximum atomic E-state index is 13.3. The van der Waals surface area contributed by atoms with E-state index in [1.165, 1.54) is 9.13 Å². The van der Waals surface area contributed by atoms with Crippen molar-refractivity contribution in [2.24, 2.45) is 14.1 Å². The second kappa shape index (κ2) is 7.56. The number of benzene rings is 1. The van der Waals surface area contributed by atoms with Crippen molar-refractivity contribution in [1.29, 1.82) is 0 Å². The predicted octanol–water partition coefficient (Wildman–Crippen LogP) is 1.30. The summed E-state index contributed by atoms with van der Waals surface area (Å²) in [6.07, 6.45) is 1.89. The molecule has 0 unspecified atom stereocenters. The summed E-state index contributed by atoms with van der Waals surface area (Å²) in [5.41, 5.74) is 1.51. The Bertz CT molecular complexity index is 1440. The molecule has 1 aromatic carbocycles. The summed E-state index contributed by atoms with van der Waals surface area (Å²) in [5.74, 6) is 1.25. The summed E-state index contributed by atoms with van der Waals surface area (Å²) >= 11 is 0. The highest BCUT2D eigenvalue weighted by atomic mass is 16.5. The fourth-order valence-corrected chi connectivity index (χ4v) is 4.54. The van der Waals surface area contributed by atoms with E-state index < -0.39 is 11.2 Å². The number of aryl methyl sites for hydroxylation is 2. The molecule has 3 N–H and O–H groups in total. The number of aromatic nitrogens is 5. The molecule has 1 saturated carbocycles. The number of fused-ring (bicyclic) bond motifs is 2. The zero-order valence-corrected chi connectivity index (χ0v) is 18.3. The van der Waals surface area contributed by atoms with Crippen molar-refractivity contribution in [3.8, 4) is 5.75 Å². The van der Waals surface area contributed by atoms with Crippen molar-refractivity contribution in [3.05, 3.63) is 50.8 Å². The SMILES string of the molecule is COc1ccc2[nH]c(Cn3c(=O)c4c(nc(N[C@H]5CC[C@@H](O)C5)n4C)n(C)c3=O)cc2c1. The number of hydrogen-bond acceptors (Lipinski definition) is 6.